The standard InChI is InChI=1S/C17H16FNO4S/c1-10-2-8-13(9-3-10)24(22,23)15-14(17(15,19)16(20)21)11-4-6-12(18)7-5-11/h2-9,14-15H,19H2,1H3,(H,20,21). The molecular formula is C17H16FNO4S. The zero-order valence-corrected chi connectivity index (χ0v) is 13.6. The van der Waals surface area contributed by atoms with Crippen molar-refractivity contribution in [3.05, 3.63) is 65.5 Å². The van der Waals surface area contributed by atoms with E-state index in [4.69, 9.17) is 5.73 Å². The fourth-order valence-corrected chi connectivity index (χ4v) is 5.29. The molecular weight excluding hydrogens is 333 g/mol. The zero-order chi connectivity index (χ0) is 17.7. The van der Waals surface area contributed by atoms with Crippen molar-refractivity contribution in [2.45, 2.75) is 28.5 Å². The van der Waals surface area contributed by atoms with E-state index < -0.39 is 38.3 Å². The first-order valence-corrected chi connectivity index (χ1v) is 8.82. The minimum atomic E-state index is -3.94. The van der Waals surface area contributed by atoms with Crippen LogP contribution in [-0.2, 0) is 14.6 Å². The third kappa shape index (κ3) is 2.40. The van der Waals surface area contributed by atoms with E-state index in [1.54, 1.807) is 12.1 Å². The van der Waals surface area contributed by atoms with Crippen molar-refractivity contribution < 1.29 is 22.7 Å². The predicted octanol–water partition coefficient (Wildman–Crippen LogP) is 1.86. The van der Waals surface area contributed by atoms with Gasteiger partial charge in [0.25, 0.3) is 0 Å². The summed E-state index contributed by atoms with van der Waals surface area (Å²) in [6.45, 7) is 1.82. The largest absolute Gasteiger partial charge is 0.480 e. The van der Waals surface area contributed by atoms with Gasteiger partial charge in [0.15, 0.2) is 9.84 Å². The van der Waals surface area contributed by atoms with Crippen molar-refractivity contribution in [2.24, 2.45) is 5.73 Å². The first-order valence-electron chi connectivity index (χ1n) is 7.27. The van der Waals surface area contributed by atoms with E-state index in [9.17, 15) is 22.7 Å². The summed E-state index contributed by atoms with van der Waals surface area (Å²) in [5.74, 6) is -2.81. The third-order valence-corrected chi connectivity index (χ3v) is 6.72. The summed E-state index contributed by atoms with van der Waals surface area (Å²) in [6, 6.07) is 11.2. The number of carboxylic acid groups (broad SMARTS) is 1. The van der Waals surface area contributed by atoms with Crippen molar-refractivity contribution in [1.82, 2.24) is 0 Å². The van der Waals surface area contributed by atoms with Gasteiger partial charge >= 0.3 is 5.97 Å². The van der Waals surface area contributed by atoms with Gasteiger partial charge < -0.3 is 10.8 Å². The molecule has 24 heavy (non-hydrogen) atoms. The average Bonchev–Trinajstić information content (AvgIpc) is 3.17. The zero-order valence-electron chi connectivity index (χ0n) is 12.8. The topological polar surface area (TPSA) is 97.5 Å². The maximum absolute atomic E-state index is 13.1. The van der Waals surface area contributed by atoms with Crippen molar-refractivity contribution in [3.63, 3.8) is 0 Å². The fourth-order valence-electron chi connectivity index (χ4n) is 3.06. The molecule has 3 atom stereocenters. The summed E-state index contributed by atoms with van der Waals surface area (Å²) in [5, 5.41) is 8.16. The highest BCUT2D eigenvalue weighted by atomic mass is 32.2. The van der Waals surface area contributed by atoms with Crippen LogP contribution in [0.4, 0.5) is 4.39 Å². The molecule has 1 fully saturated rings. The van der Waals surface area contributed by atoms with E-state index in [0.29, 0.717) is 5.56 Å². The molecule has 3 unspecified atom stereocenters. The van der Waals surface area contributed by atoms with E-state index in [-0.39, 0.29) is 4.90 Å². The van der Waals surface area contributed by atoms with Crippen LogP contribution in [0, 0.1) is 12.7 Å². The maximum Gasteiger partial charge on any atom is 0.325 e. The van der Waals surface area contributed by atoms with E-state index in [1.807, 2.05) is 6.92 Å². The van der Waals surface area contributed by atoms with E-state index in [2.05, 4.69) is 0 Å². The summed E-state index contributed by atoms with van der Waals surface area (Å²) in [6.07, 6.45) is 0. The van der Waals surface area contributed by atoms with Gasteiger partial charge in [0.2, 0.25) is 0 Å². The number of hydrogen-bond acceptors (Lipinski definition) is 4. The van der Waals surface area contributed by atoms with Gasteiger partial charge in [0.05, 0.1) is 4.90 Å². The number of nitrogens with two attached hydrogens (primary N) is 1. The Kier molecular flexibility index (Phi) is 3.73. The molecule has 0 radical (unpaired) electrons. The molecule has 126 valence electrons. The Labute approximate surface area is 138 Å². The Balaban J connectivity index is 2.06. The van der Waals surface area contributed by atoms with Crippen LogP contribution in [0.3, 0.4) is 0 Å². The Morgan fingerprint density at radius 3 is 2.17 bits per heavy atom. The lowest BCUT2D eigenvalue weighted by molar-refractivity contribution is -0.139. The molecule has 7 heteroatoms. The molecule has 2 aromatic carbocycles. The fraction of sp³-hybridized carbons (Fsp3) is 0.235. The van der Waals surface area contributed by atoms with Crippen LogP contribution in [0.2, 0.25) is 0 Å². The van der Waals surface area contributed by atoms with Crippen molar-refractivity contribution in [2.75, 3.05) is 0 Å². The lowest BCUT2D eigenvalue weighted by Gasteiger charge is -2.07. The van der Waals surface area contributed by atoms with Gasteiger partial charge in [-0.05, 0) is 36.8 Å². The Morgan fingerprint density at radius 2 is 1.67 bits per heavy atom. The second-order valence-electron chi connectivity index (χ2n) is 6.05. The molecule has 0 amide bonds. The van der Waals surface area contributed by atoms with Gasteiger partial charge in [-0.2, -0.15) is 0 Å². The highest BCUT2D eigenvalue weighted by Gasteiger charge is 2.74. The smallest absolute Gasteiger partial charge is 0.325 e. The highest BCUT2D eigenvalue weighted by molar-refractivity contribution is 7.92. The number of carbonyl (C=O) groups is 1. The Morgan fingerprint density at radius 1 is 1.12 bits per heavy atom. The molecule has 1 aliphatic rings. The Bertz CT molecular complexity index is 893. The first kappa shape index (κ1) is 16.6. The third-order valence-electron chi connectivity index (χ3n) is 4.46. The maximum atomic E-state index is 13.1. The van der Waals surface area contributed by atoms with Gasteiger partial charge in [0.1, 0.15) is 16.6 Å². The van der Waals surface area contributed by atoms with Crippen LogP contribution >= 0.6 is 0 Å². The van der Waals surface area contributed by atoms with Gasteiger partial charge in [-0.3, -0.25) is 4.79 Å². The molecule has 1 aliphatic carbocycles. The van der Waals surface area contributed by atoms with Gasteiger partial charge in [-0.25, -0.2) is 12.8 Å². The second kappa shape index (κ2) is 5.39. The number of hydrogen-bond donors (Lipinski definition) is 2. The SMILES string of the molecule is Cc1ccc(S(=O)(=O)C2C(c3ccc(F)cc3)C2(N)C(=O)O)cc1. The lowest BCUT2D eigenvalue weighted by atomic mass is 10.1. The average molecular weight is 349 g/mol. The monoisotopic (exact) mass is 349 g/mol. The predicted molar refractivity (Wildman–Crippen MR) is 85.8 cm³/mol. The van der Waals surface area contributed by atoms with E-state index >= 15 is 0 Å². The van der Waals surface area contributed by atoms with Crippen LogP contribution in [-0.4, -0.2) is 30.3 Å². The number of rotatable bonds is 4. The minimum absolute atomic E-state index is 0.0267. The molecule has 1 saturated carbocycles. The summed E-state index contributed by atoms with van der Waals surface area (Å²) in [5.41, 5.74) is 5.28. The summed E-state index contributed by atoms with van der Waals surface area (Å²) >= 11 is 0. The minimum Gasteiger partial charge on any atom is -0.480 e. The Hall–Kier alpha value is -2.25. The van der Waals surface area contributed by atoms with Crippen LogP contribution in [0.15, 0.2) is 53.4 Å². The molecule has 0 aromatic heterocycles. The molecule has 0 aliphatic heterocycles. The first-order chi connectivity index (χ1) is 11.2. The lowest BCUT2D eigenvalue weighted by Crippen LogP contribution is -2.39. The van der Waals surface area contributed by atoms with E-state index in [0.717, 1.165) is 17.7 Å². The molecule has 3 N–H and O–H groups in total. The summed E-state index contributed by atoms with van der Waals surface area (Å²) in [4.78, 5) is 11.6. The quantitative estimate of drug-likeness (QED) is 0.878. The van der Waals surface area contributed by atoms with Crippen LogP contribution < -0.4 is 5.73 Å². The normalized spacial score (nSPS) is 26.1. The second-order valence-corrected chi connectivity index (χ2v) is 8.12. The molecule has 3 rings (SSSR count). The number of sulfone groups is 1. The molecule has 5 nitrogen and oxygen atoms in total. The van der Waals surface area contributed by atoms with Crippen LogP contribution in [0.25, 0.3) is 0 Å². The van der Waals surface area contributed by atoms with Gasteiger partial charge in [-0.1, -0.05) is 29.8 Å². The number of aryl methyl sites for hydroxylation is 1. The molecule has 0 bridgehead atoms. The molecule has 2 aromatic rings. The van der Waals surface area contributed by atoms with Crippen molar-refractivity contribution in [3.8, 4) is 0 Å². The molecule has 0 saturated heterocycles. The van der Waals surface area contributed by atoms with Crippen molar-refractivity contribution >= 4 is 15.8 Å². The summed E-state index contributed by atoms with van der Waals surface area (Å²) in [7, 11) is -3.94. The molecule has 0 heterocycles. The van der Waals surface area contributed by atoms with Crippen LogP contribution in [0.1, 0.15) is 17.0 Å². The summed E-state index contributed by atoms with van der Waals surface area (Å²) < 4.78 is 38.8. The number of carboxylic acids is 1. The number of halogens is 1. The van der Waals surface area contributed by atoms with Gasteiger partial charge in [-0.15, -0.1) is 0 Å². The van der Waals surface area contributed by atoms with E-state index in [1.165, 1.54) is 24.3 Å². The van der Waals surface area contributed by atoms with Crippen LogP contribution in [0.5, 0.6) is 0 Å². The molecule has 0 spiro atoms. The van der Waals surface area contributed by atoms with Crippen molar-refractivity contribution in [1.29, 1.82) is 0 Å². The number of aliphatic carboxylic acids is 1. The number of benzene rings is 2. The highest BCUT2D eigenvalue weighted by Crippen LogP contribution is 2.55. The van der Waals surface area contributed by atoms with Gasteiger partial charge in [0, 0.05) is 5.92 Å².